The first-order valence-electron chi connectivity index (χ1n) is 4.82. The normalized spacial score (nSPS) is 11.1. The lowest BCUT2D eigenvalue weighted by atomic mass is 10.2. The highest BCUT2D eigenvalue weighted by molar-refractivity contribution is 7.13. The van der Waals surface area contributed by atoms with Crippen LogP contribution in [0.3, 0.4) is 0 Å². The summed E-state index contributed by atoms with van der Waals surface area (Å²) < 4.78 is 1.77. The Bertz CT molecular complexity index is 615. The Kier molecular flexibility index (Phi) is 2.38. The van der Waals surface area contributed by atoms with Gasteiger partial charge in [-0.05, 0) is 17.5 Å². The van der Waals surface area contributed by atoms with Gasteiger partial charge in [0.1, 0.15) is 5.69 Å². The minimum Gasteiger partial charge on any atom is -0.237 e. The van der Waals surface area contributed by atoms with E-state index in [9.17, 15) is 0 Å². The van der Waals surface area contributed by atoms with Gasteiger partial charge in [0.15, 0.2) is 5.65 Å². The van der Waals surface area contributed by atoms with Crippen LogP contribution in [0.5, 0.6) is 0 Å². The second-order valence-electron chi connectivity index (χ2n) is 3.33. The predicted molar refractivity (Wildman–Crippen MR) is 65.9 cm³/mol. The van der Waals surface area contributed by atoms with Crippen LogP contribution in [-0.4, -0.2) is 14.6 Å². The van der Waals surface area contributed by atoms with E-state index in [1.54, 1.807) is 22.0 Å². The van der Waals surface area contributed by atoms with Crippen molar-refractivity contribution in [2.75, 3.05) is 0 Å². The van der Waals surface area contributed by atoms with Crippen LogP contribution in [0.4, 0.5) is 0 Å². The Morgan fingerprint density at radius 1 is 1.38 bits per heavy atom. The zero-order valence-electron chi connectivity index (χ0n) is 8.30. The molecule has 0 fully saturated rings. The Morgan fingerprint density at radius 2 is 2.31 bits per heavy atom. The highest BCUT2D eigenvalue weighted by atomic mass is 35.5. The molecule has 3 aromatic rings. The molecule has 0 saturated carbocycles. The van der Waals surface area contributed by atoms with Crippen LogP contribution in [0.25, 0.3) is 16.2 Å². The molecule has 0 aliphatic rings. The molecule has 0 spiro atoms. The zero-order valence-corrected chi connectivity index (χ0v) is 9.87. The summed E-state index contributed by atoms with van der Waals surface area (Å²) in [5.41, 5.74) is 2.76. The van der Waals surface area contributed by atoms with E-state index in [0.29, 0.717) is 5.88 Å². The summed E-state index contributed by atoms with van der Waals surface area (Å²) in [6.07, 6.45) is 3.64. The molecule has 5 heteroatoms. The minimum absolute atomic E-state index is 0.424. The molecule has 3 aromatic heterocycles. The summed E-state index contributed by atoms with van der Waals surface area (Å²) in [5, 5.41) is 6.54. The molecule has 0 saturated heterocycles. The number of hydrogen-bond acceptors (Lipinski definition) is 3. The van der Waals surface area contributed by atoms with Crippen LogP contribution in [0, 0.1) is 0 Å². The van der Waals surface area contributed by atoms with E-state index < -0.39 is 0 Å². The maximum atomic E-state index is 5.98. The summed E-state index contributed by atoms with van der Waals surface area (Å²) in [5.74, 6) is 0.424. The van der Waals surface area contributed by atoms with Gasteiger partial charge in [0, 0.05) is 18.0 Å². The zero-order chi connectivity index (χ0) is 11.0. The number of hydrogen-bond donors (Lipinski definition) is 0. The molecule has 80 valence electrons. The Labute approximate surface area is 101 Å². The molecule has 0 radical (unpaired) electrons. The van der Waals surface area contributed by atoms with Crippen molar-refractivity contribution in [3.8, 4) is 10.6 Å². The van der Waals surface area contributed by atoms with Crippen LogP contribution < -0.4 is 0 Å². The van der Waals surface area contributed by atoms with Crippen LogP contribution in [0.2, 0.25) is 0 Å². The topological polar surface area (TPSA) is 30.2 Å². The van der Waals surface area contributed by atoms with E-state index in [0.717, 1.165) is 21.8 Å². The van der Waals surface area contributed by atoms with Gasteiger partial charge >= 0.3 is 0 Å². The second-order valence-corrected chi connectivity index (χ2v) is 4.54. The summed E-state index contributed by atoms with van der Waals surface area (Å²) >= 11 is 7.64. The average molecular weight is 250 g/mol. The first-order chi connectivity index (χ1) is 7.90. The first-order valence-corrected chi connectivity index (χ1v) is 6.23. The average Bonchev–Trinajstić information content (AvgIpc) is 2.95. The Balaban J connectivity index is 2.32. The van der Waals surface area contributed by atoms with Crippen LogP contribution in [0.15, 0.2) is 36.0 Å². The van der Waals surface area contributed by atoms with E-state index in [1.807, 2.05) is 29.8 Å². The van der Waals surface area contributed by atoms with Gasteiger partial charge in [-0.25, -0.2) is 9.50 Å². The highest BCUT2D eigenvalue weighted by Crippen LogP contribution is 2.29. The molecule has 16 heavy (non-hydrogen) atoms. The maximum absolute atomic E-state index is 5.98. The van der Waals surface area contributed by atoms with Gasteiger partial charge in [0.25, 0.3) is 0 Å². The maximum Gasteiger partial charge on any atom is 0.159 e. The number of rotatable bonds is 2. The molecule has 0 amide bonds. The molecule has 3 rings (SSSR count). The van der Waals surface area contributed by atoms with Crippen molar-refractivity contribution < 1.29 is 0 Å². The van der Waals surface area contributed by atoms with Crippen LogP contribution >= 0.6 is 22.9 Å². The van der Waals surface area contributed by atoms with Crippen molar-refractivity contribution in [3.63, 3.8) is 0 Å². The Hall–Kier alpha value is -1.39. The number of aromatic nitrogens is 3. The van der Waals surface area contributed by atoms with Crippen LogP contribution in [0.1, 0.15) is 5.56 Å². The molecule has 0 atom stereocenters. The van der Waals surface area contributed by atoms with Gasteiger partial charge in [-0.2, -0.15) is 5.10 Å². The predicted octanol–water partition coefficient (Wildman–Crippen LogP) is 3.20. The van der Waals surface area contributed by atoms with Gasteiger partial charge in [-0.1, -0.05) is 6.07 Å². The molecule has 0 aromatic carbocycles. The number of alkyl halides is 1. The third-order valence-electron chi connectivity index (χ3n) is 2.38. The molecular formula is C11H8ClN3S. The van der Waals surface area contributed by atoms with Crippen molar-refractivity contribution in [1.29, 1.82) is 0 Å². The van der Waals surface area contributed by atoms with Crippen molar-refractivity contribution in [1.82, 2.24) is 14.6 Å². The lowest BCUT2D eigenvalue weighted by molar-refractivity contribution is 0.944. The van der Waals surface area contributed by atoms with Gasteiger partial charge < -0.3 is 0 Å². The van der Waals surface area contributed by atoms with Crippen LogP contribution in [-0.2, 0) is 5.88 Å². The monoisotopic (exact) mass is 249 g/mol. The van der Waals surface area contributed by atoms with E-state index in [2.05, 4.69) is 10.1 Å². The van der Waals surface area contributed by atoms with Gasteiger partial charge in [0.05, 0.1) is 10.8 Å². The van der Waals surface area contributed by atoms with E-state index in [-0.39, 0.29) is 0 Å². The van der Waals surface area contributed by atoms with Gasteiger partial charge in [-0.3, -0.25) is 0 Å². The number of nitrogens with zero attached hydrogens (tertiary/aromatic N) is 3. The summed E-state index contributed by atoms with van der Waals surface area (Å²) in [7, 11) is 0. The third-order valence-corrected chi connectivity index (χ3v) is 3.52. The highest BCUT2D eigenvalue weighted by Gasteiger charge is 2.14. The summed E-state index contributed by atoms with van der Waals surface area (Å²) in [4.78, 5) is 5.43. The smallest absolute Gasteiger partial charge is 0.159 e. The van der Waals surface area contributed by atoms with E-state index in [4.69, 9.17) is 11.6 Å². The first kappa shape index (κ1) is 9.81. The second kappa shape index (κ2) is 3.88. The molecular weight excluding hydrogens is 242 g/mol. The number of thiophene rings is 1. The third kappa shape index (κ3) is 1.42. The molecule has 3 nitrogen and oxygen atoms in total. The minimum atomic E-state index is 0.424. The summed E-state index contributed by atoms with van der Waals surface area (Å²) in [6.45, 7) is 0. The number of halogens is 1. The quantitative estimate of drug-likeness (QED) is 0.653. The van der Waals surface area contributed by atoms with Crippen molar-refractivity contribution in [2.24, 2.45) is 0 Å². The van der Waals surface area contributed by atoms with Crippen molar-refractivity contribution in [3.05, 3.63) is 41.5 Å². The summed E-state index contributed by atoms with van der Waals surface area (Å²) in [6, 6.07) is 5.91. The fourth-order valence-corrected chi connectivity index (χ4v) is 2.65. The van der Waals surface area contributed by atoms with Crippen molar-refractivity contribution in [2.45, 2.75) is 5.88 Å². The molecule has 0 aliphatic carbocycles. The van der Waals surface area contributed by atoms with Gasteiger partial charge in [-0.15, -0.1) is 22.9 Å². The van der Waals surface area contributed by atoms with Gasteiger partial charge in [0.2, 0.25) is 0 Å². The lowest BCUT2D eigenvalue weighted by Crippen LogP contribution is -1.87. The molecule has 0 aliphatic heterocycles. The largest absolute Gasteiger partial charge is 0.237 e. The molecule has 3 heterocycles. The fraction of sp³-hybridized carbons (Fsp3) is 0.0909. The standard InChI is InChI=1S/C11H8ClN3S/c12-7-8-10(9-3-1-6-16-9)14-15-5-2-4-13-11(8)15/h1-6H,7H2. The van der Waals surface area contributed by atoms with E-state index in [1.165, 1.54) is 0 Å². The molecule has 0 unspecified atom stereocenters. The van der Waals surface area contributed by atoms with E-state index >= 15 is 0 Å². The SMILES string of the molecule is ClCc1c(-c2cccs2)nn2cccnc12. The molecule has 0 bridgehead atoms. The van der Waals surface area contributed by atoms with Crippen molar-refractivity contribution >= 4 is 28.6 Å². The lowest BCUT2D eigenvalue weighted by Gasteiger charge is -1.93. The Morgan fingerprint density at radius 3 is 3.06 bits per heavy atom. The number of fused-ring (bicyclic) bond motifs is 1. The molecule has 0 N–H and O–H groups in total. The fourth-order valence-electron chi connectivity index (χ4n) is 1.67.